The Labute approximate surface area is 145 Å². The molecule has 2 aromatic rings. The number of carbonyl (C=O) groups is 1. The van der Waals surface area contributed by atoms with Crippen LogP contribution in [0.3, 0.4) is 0 Å². The Kier molecular flexibility index (Phi) is 5.53. The van der Waals surface area contributed by atoms with E-state index in [1.54, 1.807) is 30.5 Å². The van der Waals surface area contributed by atoms with E-state index >= 15 is 0 Å². The first-order valence-electron chi connectivity index (χ1n) is 8.08. The van der Waals surface area contributed by atoms with E-state index in [0.29, 0.717) is 18.8 Å². The number of nitrogens with zero attached hydrogens (tertiary/aromatic N) is 3. The third-order valence-corrected chi connectivity index (χ3v) is 4.98. The molecule has 6 nitrogen and oxygen atoms in total. The number of furan rings is 1. The Morgan fingerprint density at radius 2 is 2.04 bits per heavy atom. The first-order valence-corrected chi connectivity index (χ1v) is 8.96. The van der Waals surface area contributed by atoms with Gasteiger partial charge in [-0.3, -0.25) is 9.79 Å². The summed E-state index contributed by atoms with van der Waals surface area (Å²) in [5, 5.41) is 5.51. The smallest absolute Gasteiger partial charge is 0.289 e. The van der Waals surface area contributed by atoms with Crippen molar-refractivity contribution in [1.82, 2.24) is 15.1 Å². The third kappa shape index (κ3) is 3.97. The van der Waals surface area contributed by atoms with Crippen LogP contribution in [-0.2, 0) is 6.42 Å². The van der Waals surface area contributed by atoms with Crippen LogP contribution in [0.1, 0.15) is 15.4 Å². The lowest BCUT2D eigenvalue weighted by atomic mass is 10.3. The summed E-state index contributed by atoms with van der Waals surface area (Å²) < 4.78 is 5.19. The molecule has 128 valence electrons. The monoisotopic (exact) mass is 346 g/mol. The SMILES string of the molecule is CN=C(NCCc1cccs1)N1CCN(C(=O)c2ccco2)CC1. The summed E-state index contributed by atoms with van der Waals surface area (Å²) >= 11 is 1.77. The normalized spacial score (nSPS) is 15.6. The molecule has 3 rings (SSSR count). The van der Waals surface area contributed by atoms with Crippen molar-refractivity contribution in [1.29, 1.82) is 0 Å². The molecular formula is C17H22N4O2S. The molecule has 0 aromatic carbocycles. The Hall–Kier alpha value is -2.28. The van der Waals surface area contributed by atoms with Gasteiger partial charge < -0.3 is 19.5 Å². The van der Waals surface area contributed by atoms with Crippen LogP contribution in [0.25, 0.3) is 0 Å². The first-order chi connectivity index (χ1) is 11.8. The molecule has 3 heterocycles. The van der Waals surface area contributed by atoms with E-state index in [9.17, 15) is 4.79 Å². The predicted octanol–water partition coefficient (Wildman–Crippen LogP) is 1.92. The molecule has 0 aliphatic carbocycles. The highest BCUT2D eigenvalue weighted by molar-refractivity contribution is 7.09. The number of piperazine rings is 1. The van der Waals surface area contributed by atoms with E-state index in [-0.39, 0.29) is 5.91 Å². The molecule has 24 heavy (non-hydrogen) atoms. The zero-order valence-corrected chi connectivity index (χ0v) is 14.6. The second-order valence-electron chi connectivity index (χ2n) is 5.56. The highest BCUT2D eigenvalue weighted by atomic mass is 32.1. The van der Waals surface area contributed by atoms with E-state index < -0.39 is 0 Å². The highest BCUT2D eigenvalue weighted by Gasteiger charge is 2.24. The van der Waals surface area contributed by atoms with Gasteiger partial charge in [-0.2, -0.15) is 0 Å². The highest BCUT2D eigenvalue weighted by Crippen LogP contribution is 2.10. The number of rotatable bonds is 4. The van der Waals surface area contributed by atoms with Gasteiger partial charge in [-0.25, -0.2) is 0 Å². The molecule has 1 aliphatic rings. The second kappa shape index (κ2) is 8.01. The fraction of sp³-hybridized carbons (Fsp3) is 0.412. The minimum absolute atomic E-state index is 0.0414. The van der Waals surface area contributed by atoms with Crippen LogP contribution in [0.2, 0.25) is 0 Å². The van der Waals surface area contributed by atoms with Crippen molar-refractivity contribution in [3.63, 3.8) is 0 Å². The van der Waals surface area contributed by atoms with Gasteiger partial charge in [-0.15, -0.1) is 11.3 Å². The Morgan fingerprint density at radius 3 is 2.67 bits per heavy atom. The van der Waals surface area contributed by atoms with Crippen LogP contribution in [0.15, 0.2) is 45.3 Å². The molecule has 0 radical (unpaired) electrons. The Bertz CT molecular complexity index is 659. The van der Waals surface area contributed by atoms with Gasteiger partial charge in [0.2, 0.25) is 0 Å². The third-order valence-electron chi connectivity index (χ3n) is 4.04. The maximum atomic E-state index is 12.3. The fourth-order valence-corrected chi connectivity index (χ4v) is 3.47. The fourth-order valence-electron chi connectivity index (χ4n) is 2.76. The van der Waals surface area contributed by atoms with Gasteiger partial charge in [0.05, 0.1) is 6.26 Å². The average Bonchev–Trinajstić information content (AvgIpc) is 3.32. The summed E-state index contributed by atoms with van der Waals surface area (Å²) in [6.07, 6.45) is 2.52. The molecule has 0 atom stereocenters. The van der Waals surface area contributed by atoms with Crippen molar-refractivity contribution in [3.05, 3.63) is 46.5 Å². The second-order valence-corrected chi connectivity index (χ2v) is 6.59. The summed E-state index contributed by atoms with van der Waals surface area (Å²) in [5.41, 5.74) is 0. The molecule has 7 heteroatoms. The lowest BCUT2D eigenvalue weighted by Crippen LogP contribution is -2.53. The van der Waals surface area contributed by atoms with Crippen molar-refractivity contribution in [2.45, 2.75) is 6.42 Å². The quantitative estimate of drug-likeness (QED) is 0.679. The molecule has 1 saturated heterocycles. The van der Waals surface area contributed by atoms with Gasteiger partial charge in [0.15, 0.2) is 11.7 Å². The summed E-state index contributed by atoms with van der Waals surface area (Å²) in [6.45, 7) is 3.74. The zero-order chi connectivity index (χ0) is 16.8. The molecule has 1 fully saturated rings. The minimum atomic E-state index is -0.0414. The van der Waals surface area contributed by atoms with Crippen molar-refractivity contribution in [2.24, 2.45) is 4.99 Å². The Morgan fingerprint density at radius 1 is 1.25 bits per heavy atom. The lowest BCUT2D eigenvalue weighted by Gasteiger charge is -2.36. The number of hydrogen-bond donors (Lipinski definition) is 1. The van der Waals surface area contributed by atoms with Crippen LogP contribution in [0.4, 0.5) is 0 Å². The number of hydrogen-bond acceptors (Lipinski definition) is 4. The van der Waals surface area contributed by atoms with Crippen LogP contribution in [0.5, 0.6) is 0 Å². The molecule has 1 aliphatic heterocycles. The van der Waals surface area contributed by atoms with Gasteiger partial charge in [-0.1, -0.05) is 6.07 Å². The van der Waals surface area contributed by atoms with Crippen LogP contribution >= 0.6 is 11.3 Å². The van der Waals surface area contributed by atoms with E-state index in [4.69, 9.17) is 4.42 Å². The lowest BCUT2D eigenvalue weighted by molar-refractivity contribution is 0.0658. The van der Waals surface area contributed by atoms with E-state index in [1.807, 2.05) is 4.90 Å². The number of amides is 1. The number of nitrogens with one attached hydrogen (secondary N) is 1. The number of aliphatic imine (C=N–C) groups is 1. The average molecular weight is 346 g/mol. The molecule has 1 N–H and O–H groups in total. The number of carbonyl (C=O) groups excluding carboxylic acids is 1. The summed E-state index contributed by atoms with van der Waals surface area (Å²) in [6, 6.07) is 7.67. The number of thiophene rings is 1. The van der Waals surface area contributed by atoms with E-state index in [0.717, 1.165) is 32.0 Å². The molecular weight excluding hydrogens is 324 g/mol. The van der Waals surface area contributed by atoms with Gasteiger partial charge in [-0.05, 0) is 30.0 Å². The molecule has 0 bridgehead atoms. The van der Waals surface area contributed by atoms with Gasteiger partial charge in [0, 0.05) is 44.6 Å². The maximum absolute atomic E-state index is 12.3. The maximum Gasteiger partial charge on any atom is 0.289 e. The van der Waals surface area contributed by atoms with Crippen LogP contribution < -0.4 is 5.32 Å². The van der Waals surface area contributed by atoms with Gasteiger partial charge in [0.25, 0.3) is 5.91 Å². The minimum Gasteiger partial charge on any atom is -0.459 e. The molecule has 1 amide bonds. The first kappa shape index (κ1) is 16.6. The van der Waals surface area contributed by atoms with Crippen LogP contribution in [0, 0.1) is 0 Å². The largest absolute Gasteiger partial charge is 0.459 e. The van der Waals surface area contributed by atoms with Crippen molar-refractivity contribution in [3.8, 4) is 0 Å². The van der Waals surface area contributed by atoms with Crippen LogP contribution in [-0.4, -0.2) is 61.4 Å². The van der Waals surface area contributed by atoms with Crippen molar-refractivity contribution in [2.75, 3.05) is 39.8 Å². The predicted molar refractivity (Wildman–Crippen MR) is 95.6 cm³/mol. The van der Waals surface area contributed by atoms with Crippen molar-refractivity contribution < 1.29 is 9.21 Å². The summed E-state index contributed by atoms with van der Waals surface area (Å²) in [5.74, 6) is 1.26. The van der Waals surface area contributed by atoms with E-state index in [1.165, 1.54) is 11.1 Å². The van der Waals surface area contributed by atoms with E-state index in [2.05, 4.69) is 32.7 Å². The molecule has 0 saturated carbocycles. The topological polar surface area (TPSA) is 61.1 Å². The van der Waals surface area contributed by atoms with Gasteiger partial charge in [0.1, 0.15) is 0 Å². The summed E-state index contributed by atoms with van der Waals surface area (Å²) in [7, 11) is 1.80. The summed E-state index contributed by atoms with van der Waals surface area (Å²) in [4.78, 5) is 22.0. The van der Waals surface area contributed by atoms with Crippen molar-refractivity contribution >= 4 is 23.2 Å². The number of guanidine groups is 1. The van der Waals surface area contributed by atoms with Gasteiger partial charge >= 0.3 is 0 Å². The molecule has 0 unspecified atom stereocenters. The molecule has 0 spiro atoms. The Balaban J connectivity index is 1.46. The zero-order valence-electron chi connectivity index (χ0n) is 13.8. The standard InChI is InChI=1S/C17H22N4O2S/c1-18-17(19-7-6-14-4-3-13-24-14)21-10-8-20(9-11-21)16(22)15-5-2-12-23-15/h2-5,12-13H,6-11H2,1H3,(H,18,19). The molecule has 2 aromatic heterocycles.